The molecule has 4 rings (SSSR count). The smallest absolute Gasteiger partial charge is 0.317 e. The summed E-state index contributed by atoms with van der Waals surface area (Å²) in [6.07, 6.45) is 4.50. The number of nitrogens with one attached hydrogen (secondary N) is 1. The van der Waals surface area contributed by atoms with Crippen LogP contribution in [-0.2, 0) is 6.42 Å². The van der Waals surface area contributed by atoms with Crippen molar-refractivity contribution >= 4 is 6.03 Å². The molecule has 1 aromatic carbocycles. The van der Waals surface area contributed by atoms with Crippen LogP contribution in [0.1, 0.15) is 5.56 Å². The van der Waals surface area contributed by atoms with Crippen LogP contribution in [-0.4, -0.2) is 72.8 Å². The number of hydrogen-bond acceptors (Lipinski definition) is 5. The van der Waals surface area contributed by atoms with Gasteiger partial charge in [0.2, 0.25) is 0 Å². The summed E-state index contributed by atoms with van der Waals surface area (Å²) >= 11 is 0. The van der Waals surface area contributed by atoms with Gasteiger partial charge in [0.15, 0.2) is 17.6 Å². The van der Waals surface area contributed by atoms with Crippen LogP contribution in [0.15, 0.2) is 48.8 Å². The number of benzene rings is 1. The van der Waals surface area contributed by atoms with Crippen LogP contribution in [0, 0.1) is 0 Å². The fourth-order valence-electron chi connectivity index (χ4n) is 3.49. The predicted octanol–water partition coefficient (Wildman–Crippen LogP) is 1.79. The minimum atomic E-state index is -0.166. The molecule has 7 heteroatoms. The van der Waals surface area contributed by atoms with Crippen molar-refractivity contribution in [3.63, 3.8) is 0 Å². The summed E-state index contributed by atoms with van der Waals surface area (Å²) in [6.45, 7) is 5.17. The summed E-state index contributed by atoms with van der Waals surface area (Å²) in [5, 5.41) is 2.98. The lowest BCUT2D eigenvalue weighted by atomic mass is 10.2. The lowest BCUT2D eigenvalue weighted by Crippen LogP contribution is -2.53. The van der Waals surface area contributed by atoms with E-state index in [2.05, 4.69) is 27.3 Å². The highest BCUT2D eigenvalue weighted by atomic mass is 16.6. The molecule has 0 bridgehead atoms. The average Bonchev–Trinajstić information content (AvgIpc) is 2.77. The van der Waals surface area contributed by atoms with Gasteiger partial charge in [0.05, 0.1) is 6.54 Å². The number of nitrogens with zero attached hydrogens (tertiary/aromatic N) is 3. The number of amides is 2. The second-order valence-corrected chi connectivity index (χ2v) is 7.12. The van der Waals surface area contributed by atoms with Crippen molar-refractivity contribution in [3.05, 3.63) is 54.4 Å². The van der Waals surface area contributed by atoms with Crippen LogP contribution in [0.5, 0.6) is 11.5 Å². The minimum Gasteiger partial charge on any atom is -0.486 e. The molecule has 1 saturated heterocycles. The molecule has 2 aromatic rings. The fraction of sp³-hybridized carbons (Fsp3) is 0.429. The molecule has 7 nitrogen and oxygen atoms in total. The highest BCUT2D eigenvalue weighted by Gasteiger charge is 2.24. The van der Waals surface area contributed by atoms with Crippen molar-refractivity contribution in [2.45, 2.75) is 12.5 Å². The van der Waals surface area contributed by atoms with Crippen LogP contribution in [0.4, 0.5) is 4.79 Å². The maximum absolute atomic E-state index is 12.5. The third-order valence-electron chi connectivity index (χ3n) is 5.17. The van der Waals surface area contributed by atoms with E-state index < -0.39 is 0 Å². The van der Waals surface area contributed by atoms with Gasteiger partial charge < -0.3 is 19.7 Å². The number of aromatic nitrogens is 1. The number of rotatable bonds is 5. The molecule has 28 heavy (non-hydrogen) atoms. The van der Waals surface area contributed by atoms with Crippen molar-refractivity contribution in [1.29, 1.82) is 0 Å². The van der Waals surface area contributed by atoms with Gasteiger partial charge in [0.1, 0.15) is 6.61 Å². The quantitative estimate of drug-likeness (QED) is 0.854. The number of pyridine rings is 1. The zero-order chi connectivity index (χ0) is 19.2. The summed E-state index contributed by atoms with van der Waals surface area (Å²) in [6, 6.07) is 11.7. The zero-order valence-electron chi connectivity index (χ0n) is 15.9. The maximum atomic E-state index is 12.5. The second kappa shape index (κ2) is 8.93. The van der Waals surface area contributed by atoms with Gasteiger partial charge >= 0.3 is 6.03 Å². The zero-order valence-corrected chi connectivity index (χ0v) is 15.9. The topological polar surface area (TPSA) is 66.9 Å². The molecular formula is C21H26N4O3. The van der Waals surface area contributed by atoms with Crippen LogP contribution in [0.2, 0.25) is 0 Å². The molecule has 3 heterocycles. The number of carbonyl (C=O) groups excluding carboxylic acids is 1. The standard InChI is InChI=1S/C21H26N4O3/c26-21(23-15-18-16-27-19-3-1-2-4-20(19)28-18)25-13-11-24(12-14-25)10-7-17-5-8-22-9-6-17/h1-6,8-9,18H,7,10-16H2,(H,23,26)/t18-/m0/s1. The van der Waals surface area contributed by atoms with Gasteiger partial charge in [-0.1, -0.05) is 12.1 Å². The van der Waals surface area contributed by atoms with Gasteiger partial charge in [0.25, 0.3) is 0 Å². The summed E-state index contributed by atoms with van der Waals surface area (Å²) in [5.41, 5.74) is 1.30. The Balaban J connectivity index is 1.16. The molecule has 1 N–H and O–H groups in total. The molecule has 148 valence electrons. The Hall–Kier alpha value is -2.80. The third-order valence-corrected chi connectivity index (χ3v) is 5.17. The first kappa shape index (κ1) is 18.6. The van der Waals surface area contributed by atoms with E-state index >= 15 is 0 Å². The molecule has 0 saturated carbocycles. The Morgan fingerprint density at radius 1 is 1.07 bits per heavy atom. The van der Waals surface area contributed by atoms with Crippen LogP contribution < -0.4 is 14.8 Å². The molecule has 2 aliphatic heterocycles. The Labute approximate surface area is 165 Å². The first-order chi connectivity index (χ1) is 13.8. The van der Waals surface area contributed by atoms with Gasteiger partial charge in [-0.3, -0.25) is 9.88 Å². The Kier molecular flexibility index (Phi) is 5.92. The average molecular weight is 382 g/mol. The van der Waals surface area contributed by atoms with Crippen molar-refractivity contribution in [3.8, 4) is 11.5 Å². The summed E-state index contributed by atoms with van der Waals surface area (Å²) in [5.74, 6) is 1.49. The molecule has 1 atom stereocenters. The molecule has 0 aliphatic carbocycles. The molecule has 2 aliphatic rings. The minimum absolute atomic E-state index is 0.0313. The SMILES string of the molecule is O=C(NC[C@H]1COc2ccccc2O1)N1CCN(CCc2ccncc2)CC1. The number of para-hydroxylation sites is 2. The fourth-order valence-corrected chi connectivity index (χ4v) is 3.49. The number of piperazine rings is 1. The molecule has 0 spiro atoms. The van der Waals surface area contributed by atoms with Gasteiger partial charge in [-0.2, -0.15) is 0 Å². The van der Waals surface area contributed by atoms with Crippen LogP contribution in [0.3, 0.4) is 0 Å². The molecule has 0 radical (unpaired) electrons. The van der Waals surface area contributed by atoms with E-state index in [1.54, 1.807) is 0 Å². The summed E-state index contributed by atoms with van der Waals surface area (Å²) < 4.78 is 11.6. The van der Waals surface area contributed by atoms with Gasteiger partial charge in [-0.15, -0.1) is 0 Å². The maximum Gasteiger partial charge on any atom is 0.317 e. The summed E-state index contributed by atoms with van der Waals surface area (Å²) in [7, 11) is 0. The number of ether oxygens (including phenoxy) is 2. The number of fused-ring (bicyclic) bond motifs is 1. The van der Waals surface area contributed by atoms with E-state index in [1.807, 2.05) is 41.6 Å². The highest BCUT2D eigenvalue weighted by Crippen LogP contribution is 2.30. The number of urea groups is 1. The van der Waals surface area contributed by atoms with E-state index in [9.17, 15) is 4.79 Å². The highest BCUT2D eigenvalue weighted by molar-refractivity contribution is 5.74. The lowest BCUT2D eigenvalue weighted by molar-refractivity contribution is 0.0880. The normalized spacial score (nSPS) is 19.3. The first-order valence-corrected chi connectivity index (χ1v) is 9.80. The molecule has 0 unspecified atom stereocenters. The van der Waals surface area contributed by atoms with Crippen molar-refractivity contribution in [1.82, 2.24) is 20.1 Å². The van der Waals surface area contributed by atoms with Crippen LogP contribution in [0.25, 0.3) is 0 Å². The molecule has 1 aromatic heterocycles. The Morgan fingerprint density at radius 3 is 2.61 bits per heavy atom. The van der Waals surface area contributed by atoms with Crippen LogP contribution >= 0.6 is 0 Å². The van der Waals surface area contributed by atoms with Crippen molar-refractivity contribution < 1.29 is 14.3 Å². The van der Waals surface area contributed by atoms with E-state index in [4.69, 9.17) is 9.47 Å². The first-order valence-electron chi connectivity index (χ1n) is 9.80. The van der Waals surface area contributed by atoms with Gasteiger partial charge in [-0.05, 0) is 36.2 Å². The summed E-state index contributed by atoms with van der Waals surface area (Å²) in [4.78, 5) is 20.8. The van der Waals surface area contributed by atoms with Crippen molar-refractivity contribution in [2.24, 2.45) is 0 Å². The third kappa shape index (κ3) is 4.72. The number of carbonyl (C=O) groups is 1. The van der Waals surface area contributed by atoms with E-state index in [-0.39, 0.29) is 12.1 Å². The lowest BCUT2D eigenvalue weighted by Gasteiger charge is -2.35. The largest absolute Gasteiger partial charge is 0.486 e. The van der Waals surface area contributed by atoms with Gasteiger partial charge in [-0.25, -0.2) is 4.79 Å². The predicted molar refractivity (Wildman–Crippen MR) is 106 cm³/mol. The van der Waals surface area contributed by atoms with E-state index in [1.165, 1.54) is 5.56 Å². The molecular weight excluding hydrogens is 356 g/mol. The van der Waals surface area contributed by atoms with Gasteiger partial charge in [0, 0.05) is 45.1 Å². The molecule has 1 fully saturated rings. The Bertz CT molecular complexity index is 778. The van der Waals surface area contributed by atoms with Crippen molar-refractivity contribution in [2.75, 3.05) is 45.9 Å². The number of hydrogen-bond donors (Lipinski definition) is 1. The van der Waals surface area contributed by atoms with E-state index in [0.717, 1.165) is 50.6 Å². The Morgan fingerprint density at radius 2 is 1.82 bits per heavy atom. The second-order valence-electron chi connectivity index (χ2n) is 7.12. The molecule has 2 amide bonds. The monoisotopic (exact) mass is 382 g/mol. The van der Waals surface area contributed by atoms with E-state index in [0.29, 0.717) is 13.2 Å².